The Kier molecular flexibility index (Phi) is 2.88. The number of hydrogen-bond donors (Lipinski definition) is 1. The summed E-state index contributed by atoms with van der Waals surface area (Å²) >= 11 is 0. The molecule has 0 bridgehead atoms. The van der Waals surface area contributed by atoms with Gasteiger partial charge in [0.15, 0.2) is 0 Å². The zero-order valence-electron chi connectivity index (χ0n) is 10.5. The average molecular weight is 241 g/mol. The van der Waals surface area contributed by atoms with Gasteiger partial charge in [-0.3, -0.25) is 0 Å². The van der Waals surface area contributed by atoms with E-state index >= 15 is 0 Å². The fraction of sp³-hybridized carbons (Fsp3) is 0.250. The Bertz CT molecular complexity index is 590. The molecule has 1 aliphatic rings. The van der Waals surface area contributed by atoms with Crippen molar-refractivity contribution in [3.05, 3.63) is 58.9 Å². The van der Waals surface area contributed by atoms with Crippen molar-refractivity contribution >= 4 is 0 Å². The first-order valence-electron chi connectivity index (χ1n) is 6.34. The topological polar surface area (TPSA) is 12.0 Å². The lowest BCUT2D eigenvalue weighted by molar-refractivity contribution is 0.627. The SMILES string of the molecule is Cc1ccc(F)c(-c2cccc3c2CNCC3)c1. The number of rotatable bonds is 1. The second kappa shape index (κ2) is 4.54. The van der Waals surface area contributed by atoms with Crippen molar-refractivity contribution in [3.8, 4) is 11.1 Å². The smallest absolute Gasteiger partial charge is 0.131 e. The molecule has 1 aliphatic heterocycles. The summed E-state index contributed by atoms with van der Waals surface area (Å²) in [4.78, 5) is 0. The Morgan fingerprint density at radius 3 is 2.89 bits per heavy atom. The monoisotopic (exact) mass is 241 g/mol. The molecule has 92 valence electrons. The van der Waals surface area contributed by atoms with Gasteiger partial charge in [0.05, 0.1) is 0 Å². The fourth-order valence-corrected chi connectivity index (χ4v) is 2.61. The van der Waals surface area contributed by atoms with Crippen LogP contribution < -0.4 is 5.32 Å². The molecule has 0 unspecified atom stereocenters. The maximum absolute atomic E-state index is 14.0. The highest BCUT2D eigenvalue weighted by Crippen LogP contribution is 2.30. The summed E-state index contributed by atoms with van der Waals surface area (Å²) in [6.07, 6.45) is 1.02. The summed E-state index contributed by atoms with van der Waals surface area (Å²) in [5.74, 6) is -0.139. The second-order valence-electron chi connectivity index (χ2n) is 4.85. The molecule has 18 heavy (non-hydrogen) atoms. The van der Waals surface area contributed by atoms with Gasteiger partial charge in [-0.15, -0.1) is 0 Å². The normalized spacial score (nSPS) is 14.3. The van der Waals surface area contributed by atoms with Crippen molar-refractivity contribution in [2.45, 2.75) is 19.9 Å². The van der Waals surface area contributed by atoms with Crippen molar-refractivity contribution in [2.75, 3.05) is 6.54 Å². The van der Waals surface area contributed by atoms with Gasteiger partial charge in [-0.2, -0.15) is 0 Å². The van der Waals surface area contributed by atoms with Crippen molar-refractivity contribution in [3.63, 3.8) is 0 Å². The van der Waals surface area contributed by atoms with Crippen molar-refractivity contribution in [1.82, 2.24) is 5.32 Å². The van der Waals surface area contributed by atoms with Gasteiger partial charge in [-0.25, -0.2) is 4.39 Å². The summed E-state index contributed by atoms with van der Waals surface area (Å²) in [5.41, 5.74) is 5.42. The predicted molar refractivity (Wildman–Crippen MR) is 72.0 cm³/mol. The molecule has 0 amide bonds. The minimum absolute atomic E-state index is 0.139. The lowest BCUT2D eigenvalue weighted by Gasteiger charge is -2.21. The van der Waals surface area contributed by atoms with Gasteiger partial charge in [-0.1, -0.05) is 29.8 Å². The Morgan fingerprint density at radius 1 is 1.11 bits per heavy atom. The van der Waals surface area contributed by atoms with Crippen LogP contribution in [0.1, 0.15) is 16.7 Å². The van der Waals surface area contributed by atoms with E-state index in [1.165, 1.54) is 11.1 Å². The van der Waals surface area contributed by atoms with Crippen LogP contribution in [0.3, 0.4) is 0 Å². The number of hydrogen-bond acceptors (Lipinski definition) is 1. The highest BCUT2D eigenvalue weighted by Gasteiger charge is 2.15. The highest BCUT2D eigenvalue weighted by molar-refractivity contribution is 5.70. The molecule has 2 aromatic rings. The van der Waals surface area contributed by atoms with E-state index in [0.717, 1.165) is 36.2 Å². The average Bonchev–Trinajstić information content (AvgIpc) is 2.41. The van der Waals surface area contributed by atoms with Gasteiger partial charge >= 0.3 is 0 Å². The van der Waals surface area contributed by atoms with Crippen LogP contribution >= 0.6 is 0 Å². The molecule has 3 rings (SSSR count). The highest BCUT2D eigenvalue weighted by atomic mass is 19.1. The molecular weight excluding hydrogens is 225 g/mol. The minimum Gasteiger partial charge on any atom is -0.312 e. The van der Waals surface area contributed by atoms with Crippen LogP contribution in [0.5, 0.6) is 0 Å². The van der Waals surface area contributed by atoms with Crippen molar-refractivity contribution in [1.29, 1.82) is 0 Å². The van der Waals surface area contributed by atoms with Crippen LogP contribution in [0.25, 0.3) is 11.1 Å². The summed E-state index contributed by atoms with van der Waals surface area (Å²) in [5, 5.41) is 3.36. The molecular formula is C16H16FN. The van der Waals surface area contributed by atoms with Crippen LogP contribution in [-0.4, -0.2) is 6.54 Å². The molecule has 0 atom stereocenters. The standard InChI is InChI=1S/C16H16FN/c1-11-5-6-16(17)14(9-11)13-4-2-3-12-7-8-18-10-15(12)13/h2-6,9,18H,7-8,10H2,1H3. The Labute approximate surface area is 107 Å². The van der Waals surface area contributed by atoms with Gasteiger partial charge < -0.3 is 5.32 Å². The van der Waals surface area contributed by atoms with E-state index in [-0.39, 0.29) is 5.82 Å². The predicted octanol–water partition coefficient (Wildman–Crippen LogP) is 3.45. The Morgan fingerprint density at radius 2 is 2.00 bits per heavy atom. The molecule has 2 aromatic carbocycles. The molecule has 1 heterocycles. The first-order chi connectivity index (χ1) is 8.75. The molecule has 0 saturated carbocycles. The van der Waals surface area contributed by atoms with Gasteiger partial charge in [0.1, 0.15) is 5.82 Å². The first kappa shape index (κ1) is 11.4. The molecule has 1 N–H and O–H groups in total. The van der Waals surface area contributed by atoms with Gasteiger partial charge in [-0.05, 0) is 48.7 Å². The summed E-state index contributed by atoms with van der Waals surface area (Å²) < 4.78 is 14.0. The van der Waals surface area contributed by atoms with Gasteiger partial charge in [0.25, 0.3) is 0 Å². The third-order valence-electron chi connectivity index (χ3n) is 3.56. The molecule has 2 heteroatoms. The number of benzene rings is 2. The molecule has 0 aromatic heterocycles. The zero-order valence-corrected chi connectivity index (χ0v) is 10.5. The van der Waals surface area contributed by atoms with Gasteiger partial charge in [0, 0.05) is 12.1 Å². The van der Waals surface area contributed by atoms with Crippen molar-refractivity contribution < 1.29 is 4.39 Å². The largest absolute Gasteiger partial charge is 0.312 e. The summed E-state index contributed by atoms with van der Waals surface area (Å²) in [6.45, 7) is 3.84. The lowest BCUT2D eigenvalue weighted by Crippen LogP contribution is -2.24. The molecule has 0 saturated heterocycles. The minimum atomic E-state index is -0.139. The molecule has 0 aliphatic carbocycles. The van der Waals surface area contributed by atoms with Crippen LogP contribution in [-0.2, 0) is 13.0 Å². The van der Waals surface area contributed by atoms with Crippen LogP contribution in [0, 0.1) is 12.7 Å². The van der Waals surface area contributed by atoms with E-state index in [4.69, 9.17) is 0 Å². The lowest BCUT2D eigenvalue weighted by atomic mass is 9.91. The number of nitrogens with one attached hydrogen (secondary N) is 1. The van der Waals surface area contributed by atoms with Crippen LogP contribution in [0.15, 0.2) is 36.4 Å². The molecule has 0 radical (unpaired) electrons. The molecule has 1 nitrogen and oxygen atoms in total. The molecule has 0 fully saturated rings. The van der Waals surface area contributed by atoms with E-state index in [1.54, 1.807) is 6.07 Å². The number of halogens is 1. The van der Waals surface area contributed by atoms with E-state index in [9.17, 15) is 4.39 Å². The maximum atomic E-state index is 14.0. The maximum Gasteiger partial charge on any atom is 0.131 e. The number of aryl methyl sites for hydroxylation is 1. The van der Waals surface area contributed by atoms with E-state index in [2.05, 4.69) is 11.4 Å². The van der Waals surface area contributed by atoms with E-state index < -0.39 is 0 Å². The third-order valence-corrected chi connectivity index (χ3v) is 3.56. The van der Waals surface area contributed by atoms with Crippen LogP contribution in [0.4, 0.5) is 4.39 Å². The zero-order chi connectivity index (χ0) is 12.5. The van der Waals surface area contributed by atoms with Gasteiger partial charge in [0.2, 0.25) is 0 Å². The van der Waals surface area contributed by atoms with E-state index in [1.807, 2.05) is 31.2 Å². The first-order valence-corrected chi connectivity index (χ1v) is 6.34. The summed E-state index contributed by atoms with van der Waals surface area (Å²) in [7, 11) is 0. The van der Waals surface area contributed by atoms with Crippen LogP contribution in [0.2, 0.25) is 0 Å². The number of fused-ring (bicyclic) bond motifs is 1. The Balaban J connectivity index is 2.19. The second-order valence-corrected chi connectivity index (χ2v) is 4.85. The quantitative estimate of drug-likeness (QED) is 0.806. The molecule has 0 spiro atoms. The van der Waals surface area contributed by atoms with Crippen molar-refractivity contribution in [2.24, 2.45) is 0 Å². The summed E-state index contributed by atoms with van der Waals surface area (Å²) in [6, 6.07) is 11.5. The Hall–Kier alpha value is -1.67. The van der Waals surface area contributed by atoms with E-state index in [0.29, 0.717) is 0 Å². The fourth-order valence-electron chi connectivity index (χ4n) is 2.61. The third kappa shape index (κ3) is 1.93.